The van der Waals surface area contributed by atoms with E-state index >= 15 is 0 Å². The van der Waals surface area contributed by atoms with E-state index in [9.17, 15) is 4.79 Å². The molecule has 1 aromatic heterocycles. The monoisotopic (exact) mass is 278 g/mol. The fourth-order valence-corrected chi connectivity index (χ4v) is 3.07. The number of nitrogens with zero attached hydrogens (tertiary/aromatic N) is 3. The zero-order chi connectivity index (χ0) is 14.5. The predicted octanol–water partition coefficient (Wildman–Crippen LogP) is 1.68. The molecule has 1 fully saturated rings. The molecule has 5 nitrogen and oxygen atoms in total. The normalized spacial score (nSPS) is 17.9. The molecule has 0 spiro atoms. The van der Waals surface area contributed by atoms with E-state index in [1.165, 1.54) is 32.1 Å². The Morgan fingerprint density at radius 3 is 2.80 bits per heavy atom. The van der Waals surface area contributed by atoms with Gasteiger partial charge in [0.25, 0.3) is 0 Å². The standard InChI is InChI=1S/C15H26N4O/c1-18(10-13-9-17-19(2)11-13)15(20)14(16)8-12-6-4-3-5-7-12/h9,11-12,14H,3-8,10,16H2,1-2H3. The summed E-state index contributed by atoms with van der Waals surface area (Å²) in [6.45, 7) is 0.574. The largest absolute Gasteiger partial charge is 0.340 e. The molecular weight excluding hydrogens is 252 g/mol. The number of likely N-dealkylation sites (N-methyl/N-ethyl adjacent to an activating group) is 1. The number of carbonyl (C=O) groups is 1. The van der Waals surface area contributed by atoms with E-state index in [0.29, 0.717) is 12.5 Å². The van der Waals surface area contributed by atoms with E-state index in [0.717, 1.165) is 12.0 Å². The first-order valence-electron chi connectivity index (χ1n) is 7.54. The Balaban J connectivity index is 1.82. The fourth-order valence-electron chi connectivity index (χ4n) is 3.07. The summed E-state index contributed by atoms with van der Waals surface area (Å²) in [4.78, 5) is 14.0. The minimum Gasteiger partial charge on any atom is -0.340 e. The van der Waals surface area contributed by atoms with Crippen molar-refractivity contribution in [2.45, 2.75) is 51.1 Å². The van der Waals surface area contributed by atoms with Crippen molar-refractivity contribution in [3.05, 3.63) is 18.0 Å². The molecule has 1 aliphatic rings. The number of amides is 1. The Bertz CT molecular complexity index is 437. The van der Waals surface area contributed by atoms with Gasteiger partial charge >= 0.3 is 0 Å². The molecular formula is C15H26N4O. The predicted molar refractivity (Wildman–Crippen MR) is 78.8 cm³/mol. The molecule has 1 amide bonds. The van der Waals surface area contributed by atoms with Crippen molar-refractivity contribution >= 4 is 5.91 Å². The van der Waals surface area contributed by atoms with Gasteiger partial charge in [0.2, 0.25) is 5.91 Å². The number of aryl methyl sites for hydroxylation is 1. The van der Waals surface area contributed by atoms with Crippen LogP contribution in [-0.4, -0.2) is 33.7 Å². The minimum atomic E-state index is -0.361. The van der Waals surface area contributed by atoms with Gasteiger partial charge in [-0.25, -0.2) is 0 Å². The molecule has 0 aliphatic heterocycles. The maximum Gasteiger partial charge on any atom is 0.239 e. The van der Waals surface area contributed by atoms with Gasteiger partial charge in [-0.05, 0) is 12.3 Å². The number of rotatable bonds is 5. The van der Waals surface area contributed by atoms with Crippen molar-refractivity contribution in [3.63, 3.8) is 0 Å². The molecule has 1 unspecified atom stereocenters. The molecule has 2 rings (SSSR count). The zero-order valence-electron chi connectivity index (χ0n) is 12.6. The van der Waals surface area contributed by atoms with Crippen LogP contribution >= 0.6 is 0 Å². The van der Waals surface area contributed by atoms with E-state index < -0.39 is 0 Å². The molecule has 1 saturated carbocycles. The maximum absolute atomic E-state index is 12.3. The quantitative estimate of drug-likeness (QED) is 0.891. The maximum atomic E-state index is 12.3. The van der Waals surface area contributed by atoms with Gasteiger partial charge < -0.3 is 10.6 Å². The fraction of sp³-hybridized carbons (Fsp3) is 0.733. The first-order valence-corrected chi connectivity index (χ1v) is 7.54. The molecule has 2 N–H and O–H groups in total. The number of carbonyl (C=O) groups excluding carboxylic acids is 1. The van der Waals surface area contributed by atoms with Gasteiger partial charge in [0.15, 0.2) is 0 Å². The van der Waals surface area contributed by atoms with Crippen molar-refractivity contribution < 1.29 is 4.79 Å². The lowest BCUT2D eigenvalue weighted by Crippen LogP contribution is -2.42. The van der Waals surface area contributed by atoms with Crippen LogP contribution in [0.2, 0.25) is 0 Å². The molecule has 1 atom stereocenters. The van der Waals surface area contributed by atoms with E-state index in [2.05, 4.69) is 5.10 Å². The van der Waals surface area contributed by atoms with Crippen LogP contribution in [0.3, 0.4) is 0 Å². The van der Waals surface area contributed by atoms with E-state index in [-0.39, 0.29) is 11.9 Å². The van der Waals surface area contributed by atoms with Gasteiger partial charge in [0, 0.05) is 32.4 Å². The zero-order valence-corrected chi connectivity index (χ0v) is 12.6. The molecule has 1 heterocycles. The van der Waals surface area contributed by atoms with E-state index in [1.807, 2.05) is 20.3 Å². The van der Waals surface area contributed by atoms with E-state index in [4.69, 9.17) is 5.73 Å². The lowest BCUT2D eigenvalue weighted by Gasteiger charge is -2.26. The number of aromatic nitrogens is 2. The number of hydrogen-bond acceptors (Lipinski definition) is 3. The average Bonchev–Trinajstić information content (AvgIpc) is 2.84. The summed E-state index contributed by atoms with van der Waals surface area (Å²) in [5.74, 6) is 0.675. The Hall–Kier alpha value is -1.36. The van der Waals surface area contributed by atoms with Crippen molar-refractivity contribution in [2.75, 3.05) is 7.05 Å². The van der Waals surface area contributed by atoms with Gasteiger partial charge in [0.1, 0.15) is 0 Å². The van der Waals surface area contributed by atoms with Gasteiger partial charge in [-0.1, -0.05) is 32.1 Å². The van der Waals surface area contributed by atoms with Crippen molar-refractivity contribution in [1.82, 2.24) is 14.7 Å². The molecule has 112 valence electrons. The molecule has 5 heteroatoms. The van der Waals surface area contributed by atoms with Crippen LogP contribution < -0.4 is 5.73 Å². The minimum absolute atomic E-state index is 0.0411. The molecule has 20 heavy (non-hydrogen) atoms. The smallest absolute Gasteiger partial charge is 0.239 e. The van der Waals surface area contributed by atoms with Crippen LogP contribution in [0.5, 0.6) is 0 Å². The Labute approximate surface area is 121 Å². The lowest BCUT2D eigenvalue weighted by molar-refractivity contribution is -0.132. The third-order valence-electron chi connectivity index (χ3n) is 4.18. The molecule has 1 aliphatic carbocycles. The van der Waals surface area contributed by atoms with Gasteiger partial charge in [0.05, 0.1) is 12.2 Å². The Morgan fingerprint density at radius 2 is 2.20 bits per heavy atom. The van der Waals surface area contributed by atoms with Crippen LogP contribution in [0.1, 0.15) is 44.1 Å². The van der Waals surface area contributed by atoms with Gasteiger partial charge in [-0.3, -0.25) is 9.48 Å². The highest BCUT2D eigenvalue weighted by Crippen LogP contribution is 2.27. The molecule has 0 radical (unpaired) electrons. The van der Waals surface area contributed by atoms with Crippen LogP contribution in [-0.2, 0) is 18.4 Å². The summed E-state index contributed by atoms with van der Waals surface area (Å²) >= 11 is 0. The third kappa shape index (κ3) is 4.07. The first kappa shape index (κ1) is 15.0. The summed E-state index contributed by atoms with van der Waals surface area (Å²) in [5.41, 5.74) is 7.13. The van der Waals surface area contributed by atoms with Crippen molar-refractivity contribution in [1.29, 1.82) is 0 Å². The SMILES string of the molecule is CN(Cc1cnn(C)c1)C(=O)C(N)CC1CCCCC1. The molecule has 0 aromatic carbocycles. The molecule has 0 bridgehead atoms. The number of nitrogens with two attached hydrogens (primary N) is 1. The summed E-state index contributed by atoms with van der Waals surface area (Å²) in [7, 11) is 3.69. The highest BCUT2D eigenvalue weighted by atomic mass is 16.2. The lowest BCUT2D eigenvalue weighted by atomic mass is 9.85. The van der Waals surface area contributed by atoms with Gasteiger partial charge in [-0.2, -0.15) is 5.10 Å². The topological polar surface area (TPSA) is 64.2 Å². The third-order valence-corrected chi connectivity index (χ3v) is 4.18. The molecule has 0 saturated heterocycles. The van der Waals surface area contributed by atoms with Crippen LogP contribution in [0.15, 0.2) is 12.4 Å². The highest BCUT2D eigenvalue weighted by Gasteiger charge is 2.23. The van der Waals surface area contributed by atoms with Crippen LogP contribution in [0, 0.1) is 5.92 Å². The first-order chi connectivity index (χ1) is 9.56. The van der Waals surface area contributed by atoms with Crippen molar-refractivity contribution in [2.24, 2.45) is 18.7 Å². The second-order valence-corrected chi connectivity index (χ2v) is 6.06. The second-order valence-electron chi connectivity index (χ2n) is 6.06. The summed E-state index contributed by atoms with van der Waals surface area (Å²) < 4.78 is 1.75. The molecule has 1 aromatic rings. The Morgan fingerprint density at radius 1 is 1.50 bits per heavy atom. The Kier molecular flexibility index (Phi) is 5.17. The van der Waals surface area contributed by atoms with Gasteiger partial charge in [-0.15, -0.1) is 0 Å². The second kappa shape index (κ2) is 6.88. The average molecular weight is 278 g/mol. The highest BCUT2D eigenvalue weighted by molar-refractivity contribution is 5.81. The summed E-state index contributed by atoms with van der Waals surface area (Å²) in [6, 6.07) is -0.361. The van der Waals surface area contributed by atoms with Crippen molar-refractivity contribution in [3.8, 4) is 0 Å². The summed E-state index contributed by atoms with van der Waals surface area (Å²) in [6.07, 6.45) is 10.9. The number of hydrogen-bond donors (Lipinski definition) is 1. The van der Waals surface area contributed by atoms with Crippen LogP contribution in [0.4, 0.5) is 0 Å². The summed E-state index contributed by atoms with van der Waals surface area (Å²) in [5, 5.41) is 4.11. The van der Waals surface area contributed by atoms with E-state index in [1.54, 1.807) is 15.8 Å². The van der Waals surface area contributed by atoms with Crippen LogP contribution in [0.25, 0.3) is 0 Å².